The Hall–Kier alpha value is -1.98. The van der Waals surface area contributed by atoms with E-state index in [1.165, 1.54) is 0 Å². The minimum Gasteiger partial charge on any atom is -0.389 e. The summed E-state index contributed by atoms with van der Waals surface area (Å²) in [5, 5.41) is 4.40. The van der Waals surface area contributed by atoms with Gasteiger partial charge in [0.05, 0.1) is 17.4 Å². The van der Waals surface area contributed by atoms with Gasteiger partial charge in [0.1, 0.15) is 4.99 Å². The number of para-hydroxylation sites is 1. The zero-order chi connectivity index (χ0) is 14.8. The van der Waals surface area contributed by atoms with Gasteiger partial charge in [-0.1, -0.05) is 46.3 Å². The van der Waals surface area contributed by atoms with Gasteiger partial charge in [0.15, 0.2) is 0 Å². The number of anilines is 2. The van der Waals surface area contributed by atoms with Crippen LogP contribution in [0.3, 0.4) is 0 Å². The summed E-state index contributed by atoms with van der Waals surface area (Å²) in [5.74, 6) is 0. The number of fused-ring (bicyclic) bond motifs is 1. The highest BCUT2D eigenvalue weighted by Gasteiger charge is 2.07. The number of halogens is 1. The highest BCUT2D eigenvalue weighted by molar-refractivity contribution is 9.10. The van der Waals surface area contributed by atoms with E-state index < -0.39 is 0 Å². The quantitative estimate of drug-likeness (QED) is 0.683. The lowest BCUT2D eigenvalue weighted by molar-refractivity contribution is 1.39. The molecule has 0 aliphatic heterocycles. The van der Waals surface area contributed by atoms with E-state index in [0.29, 0.717) is 4.99 Å². The van der Waals surface area contributed by atoms with Crippen LogP contribution in [-0.4, -0.2) is 9.97 Å². The molecule has 0 saturated carbocycles. The molecule has 5 heteroatoms. The van der Waals surface area contributed by atoms with Crippen LogP contribution >= 0.6 is 28.1 Å². The number of hydrogen-bond donors (Lipinski definition) is 2. The van der Waals surface area contributed by atoms with Gasteiger partial charge in [-0.15, -0.1) is 0 Å². The molecule has 0 unspecified atom stereocenters. The van der Waals surface area contributed by atoms with Crippen LogP contribution in [0.5, 0.6) is 0 Å². The van der Waals surface area contributed by atoms with Gasteiger partial charge in [-0.2, -0.15) is 0 Å². The molecule has 0 aliphatic rings. The zero-order valence-electron chi connectivity index (χ0n) is 11.0. The molecule has 3 nitrogen and oxygen atoms in total. The minimum atomic E-state index is 0.354. The van der Waals surface area contributed by atoms with Crippen molar-refractivity contribution in [2.24, 2.45) is 5.73 Å². The zero-order valence-corrected chi connectivity index (χ0v) is 13.4. The van der Waals surface area contributed by atoms with Crippen LogP contribution in [0.25, 0.3) is 10.9 Å². The Morgan fingerprint density at radius 3 is 2.76 bits per heavy atom. The fourth-order valence-electron chi connectivity index (χ4n) is 2.12. The van der Waals surface area contributed by atoms with Crippen molar-refractivity contribution in [2.45, 2.75) is 0 Å². The van der Waals surface area contributed by atoms with Crippen LogP contribution in [0.4, 0.5) is 11.4 Å². The summed E-state index contributed by atoms with van der Waals surface area (Å²) in [6.07, 6.45) is 1.80. The molecule has 1 heterocycles. The maximum absolute atomic E-state index is 5.78. The molecular formula is C16H12BrN3S. The number of aromatic nitrogens is 1. The van der Waals surface area contributed by atoms with Crippen LogP contribution in [0.15, 0.2) is 59.2 Å². The second kappa shape index (κ2) is 5.79. The first-order chi connectivity index (χ1) is 10.1. The summed E-state index contributed by atoms with van der Waals surface area (Å²) in [6, 6.07) is 15.8. The van der Waals surface area contributed by atoms with Crippen LogP contribution in [0, 0.1) is 0 Å². The predicted octanol–water partition coefficient (Wildman–Crippen LogP) is 4.38. The number of nitrogens with zero attached hydrogens (tertiary/aromatic N) is 1. The number of nitrogens with two attached hydrogens (primary N) is 1. The summed E-state index contributed by atoms with van der Waals surface area (Å²) in [4.78, 5) is 4.79. The molecule has 104 valence electrons. The van der Waals surface area contributed by atoms with Crippen LogP contribution in [0.1, 0.15) is 5.56 Å². The Labute approximate surface area is 136 Å². The maximum Gasteiger partial charge on any atom is 0.106 e. The smallest absolute Gasteiger partial charge is 0.106 e. The van der Waals surface area contributed by atoms with E-state index in [0.717, 1.165) is 32.3 Å². The maximum atomic E-state index is 5.78. The Balaban J connectivity index is 2.00. The van der Waals surface area contributed by atoms with Gasteiger partial charge < -0.3 is 11.1 Å². The molecule has 0 radical (unpaired) electrons. The summed E-state index contributed by atoms with van der Waals surface area (Å²) < 4.78 is 0.937. The molecule has 1 aromatic heterocycles. The van der Waals surface area contributed by atoms with Crippen LogP contribution < -0.4 is 11.1 Å². The van der Waals surface area contributed by atoms with Crippen molar-refractivity contribution >= 4 is 55.4 Å². The highest BCUT2D eigenvalue weighted by Crippen LogP contribution is 2.25. The monoisotopic (exact) mass is 357 g/mol. The third kappa shape index (κ3) is 3.04. The van der Waals surface area contributed by atoms with E-state index in [2.05, 4.69) is 26.2 Å². The van der Waals surface area contributed by atoms with Gasteiger partial charge >= 0.3 is 0 Å². The molecule has 21 heavy (non-hydrogen) atoms. The number of pyridine rings is 1. The molecule has 0 bridgehead atoms. The predicted molar refractivity (Wildman–Crippen MR) is 95.1 cm³/mol. The van der Waals surface area contributed by atoms with Gasteiger partial charge in [-0.05, 0) is 30.3 Å². The molecule has 0 saturated heterocycles. The average Bonchev–Trinajstić information content (AvgIpc) is 2.49. The van der Waals surface area contributed by atoms with Crippen molar-refractivity contribution in [1.82, 2.24) is 4.98 Å². The number of rotatable bonds is 3. The van der Waals surface area contributed by atoms with E-state index >= 15 is 0 Å². The minimum absolute atomic E-state index is 0.354. The van der Waals surface area contributed by atoms with Crippen molar-refractivity contribution in [3.8, 4) is 0 Å². The van der Waals surface area contributed by atoms with E-state index in [-0.39, 0.29) is 0 Å². The molecule has 0 fully saturated rings. The van der Waals surface area contributed by atoms with E-state index in [9.17, 15) is 0 Å². The Bertz CT molecular complexity index is 833. The molecule has 0 aliphatic carbocycles. The lowest BCUT2D eigenvalue weighted by Crippen LogP contribution is -2.12. The third-order valence-electron chi connectivity index (χ3n) is 3.12. The first kappa shape index (κ1) is 14.0. The molecular weight excluding hydrogens is 346 g/mol. The average molecular weight is 358 g/mol. The Kier molecular flexibility index (Phi) is 3.86. The van der Waals surface area contributed by atoms with E-state index in [4.69, 9.17) is 18.0 Å². The van der Waals surface area contributed by atoms with Gasteiger partial charge in [0.2, 0.25) is 0 Å². The van der Waals surface area contributed by atoms with Crippen molar-refractivity contribution in [2.75, 3.05) is 5.32 Å². The molecule has 0 spiro atoms. The van der Waals surface area contributed by atoms with E-state index in [1.54, 1.807) is 6.20 Å². The van der Waals surface area contributed by atoms with Gasteiger partial charge in [0.25, 0.3) is 0 Å². The second-order valence-electron chi connectivity index (χ2n) is 4.60. The first-order valence-electron chi connectivity index (χ1n) is 6.34. The largest absolute Gasteiger partial charge is 0.389 e. The number of benzene rings is 2. The molecule has 3 aromatic rings. The second-order valence-corrected chi connectivity index (χ2v) is 5.95. The molecule has 0 amide bonds. The van der Waals surface area contributed by atoms with Crippen LogP contribution in [0.2, 0.25) is 0 Å². The normalized spacial score (nSPS) is 10.5. The molecule has 0 atom stereocenters. The molecule has 2 aromatic carbocycles. The SMILES string of the molecule is NC(=S)c1cc(Br)ccc1Nc1cnc2ccccc2c1. The fraction of sp³-hybridized carbons (Fsp3) is 0. The summed E-state index contributed by atoms with van der Waals surface area (Å²) in [7, 11) is 0. The topological polar surface area (TPSA) is 50.9 Å². The molecule has 3 N–H and O–H groups in total. The summed E-state index contributed by atoms with van der Waals surface area (Å²) in [6.45, 7) is 0. The van der Waals surface area contributed by atoms with Crippen molar-refractivity contribution < 1.29 is 0 Å². The van der Waals surface area contributed by atoms with Crippen molar-refractivity contribution in [3.05, 3.63) is 64.8 Å². The fourth-order valence-corrected chi connectivity index (χ4v) is 2.65. The number of nitrogens with one attached hydrogen (secondary N) is 1. The Morgan fingerprint density at radius 1 is 1.14 bits per heavy atom. The standard InChI is InChI=1S/C16H12BrN3S/c17-11-5-6-15(13(8-11)16(18)21)20-12-7-10-3-1-2-4-14(10)19-9-12/h1-9,20H,(H2,18,21). The summed E-state index contributed by atoms with van der Waals surface area (Å²) in [5.41, 5.74) is 9.31. The number of thiocarbonyl (C=S) groups is 1. The third-order valence-corrected chi connectivity index (χ3v) is 3.83. The van der Waals surface area contributed by atoms with Crippen LogP contribution in [-0.2, 0) is 0 Å². The van der Waals surface area contributed by atoms with Crippen molar-refractivity contribution in [3.63, 3.8) is 0 Å². The van der Waals surface area contributed by atoms with Crippen molar-refractivity contribution in [1.29, 1.82) is 0 Å². The van der Waals surface area contributed by atoms with Gasteiger partial charge in [-0.25, -0.2) is 0 Å². The lowest BCUT2D eigenvalue weighted by Gasteiger charge is -2.12. The summed E-state index contributed by atoms with van der Waals surface area (Å²) >= 11 is 8.53. The Morgan fingerprint density at radius 2 is 1.95 bits per heavy atom. The molecule has 3 rings (SSSR count). The van der Waals surface area contributed by atoms with Gasteiger partial charge in [-0.3, -0.25) is 4.98 Å². The number of hydrogen-bond acceptors (Lipinski definition) is 3. The first-order valence-corrected chi connectivity index (χ1v) is 7.55. The van der Waals surface area contributed by atoms with Gasteiger partial charge in [0, 0.05) is 21.1 Å². The lowest BCUT2D eigenvalue weighted by atomic mass is 10.1. The highest BCUT2D eigenvalue weighted by atomic mass is 79.9. The van der Waals surface area contributed by atoms with E-state index in [1.807, 2.05) is 48.5 Å².